The van der Waals surface area contributed by atoms with Crippen molar-refractivity contribution >= 4 is 17.6 Å². The molecule has 0 saturated carbocycles. The minimum atomic E-state index is -0.344. The molecule has 0 spiro atoms. The van der Waals surface area contributed by atoms with Gasteiger partial charge in [-0.25, -0.2) is 0 Å². The van der Waals surface area contributed by atoms with Crippen molar-refractivity contribution in [1.82, 2.24) is 10.1 Å². The maximum atomic E-state index is 12.6. The van der Waals surface area contributed by atoms with E-state index in [1.807, 2.05) is 13.8 Å². The van der Waals surface area contributed by atoms with E-state index in [-0.39, 0.29) is 24.4 Å². The number of amides is 2. The normalized spacial score (nSPS) is 10.4. The Kier molecular flexibility index (Phi) is 5.35. The van der Waals surface area contributed by atoms with Crippen LogP contribution in [-0.2, 0) is 4.79 Å². The van der Waals surface area contributed by atoms with Crippen LogP contribution in [-0.4, -0.2) is 41.6 Å². The molecule has 7 nitrogen and oxygen atoms in total. The smallest absolute Gasteiger partial charge is 0.254 e. The first kappa shape index (κ1) is 16.5. The number of aromatic nitrogens is 1. The van der Waals surface area contributed by atoms with Gasteiger partial charge < -0.3 is 19.5 Å². The van der Waals surface area contributed by atoms with E-state index in [0.29, 0.717) is 17.1 Å². The van der Waals surface area contributed by atoms with Crippen LogP contribution >= 0.6 is 0 Å². The maximum absolute atomic E-state index is 12.6. The number of nitrogens with one attached hydrogen (secondary N) is 1. The van der Waals surface area contributed by atoms with Gasteiger partial charge >= 0.3 is 0 Å². The highest BCUT2D eigenvalue weighted by Gasteiger charge is 2.22. The van der Waals surface area contributed by atoms with Crippen LogP contribution in [0.15, 0.2) is 41.1 Å². The number of benzene rings is 1. The van der Waals surface area contributed by atoms with Crippen LogP contribution in [0.4, 0.5) is 5.82 Å². The van der Waals surface area contributed by atoms with Crippen molar-refractivity contribution in [3.8, 4) is 5.75 Å². The van der Waals surface area contributed by atoms with Gasteiger partial charge in [-0.1, -0.05) is 11.2 Å². The zero-order valence-corrected chi connectivity index (χ0v) is 13.3. The third-order valence-electron chi connectivity index (χ3n) is 3.22. The van der Waals surface area contributed by atoms with Crippen molar-refractivity contribution in [1.29, 1.82) is 0 Å². The van der Waals surface area contributed by atoms with Gasteiger partial charge in [-0.3, -0.25) is 9.59 Å². The summed E-state index contributed by atoms with van der Waals surface area (Å²) in [7, 11) is 1.54. The molecule has 1 aromatic heterocycles. The Balaban J connectivity index is 2.10. The predicted molar refractivity (Wildman–Crippen MR) is 84.3 cm³/mol. The molecule has 0 saturated heterocycles. The third kappa shape index (κ3) is 4.32. The molecule has 2 rings (SSSR count). The van der Waals surface area contributed by atoms with Crippen molar-refractivity contribution < 1.29 is 18.8 Å². The van der Waals surface area contributed by atoms with E-state index in [9.17, 15) is 9.59 Å². The molecular formula is C16H19N3O4. The summed E-state index contributed by atoms with van der Waals surface area (Å²) in [6.07, 6.45) is 1.36. The molecule has 2 aromatic rings. The number of carbonyl (C=O) groups excluding carboxylic acids is 2. The molecule has 0 unspecified atom stereocenters. The van der Waals surface area contributed by atoms with Gasteiger partial charge in [-0.2, -0.15) is 0 Å². The van der Waals surface area contributed by atoms with E-state index in [4.69, 9.17) is 4.74 Å². The highest BCUT2D eigenvalue weighted by Crippen LogP contribution is 2.16. The van der Waals surface area contributed by atoms with Crippen LogP contribution in [0.3, 0.4) is 0 Å². The van der Waals surface area contributed by atoms with Crippen molar-refractivity contribution in [2.24, 2.45) is 0 Å². The molecule has 122 valence electrons. The Hall–Kier alpha value is -2.83. The second-order valence-electron chi connectivity index (χ2n) is 5.19. The molecule has 2 amide bonds. The lowest BCUT2D eigenvalue weighted by Gasteiger charge is -2.26. The summed E-state index contributed by atoms with van der Waals surface area (Å²) in [5.41, 5.74) is 0.465. The zero-order valence-electron chi connectivity index (χ0n) is 13.3. The van der Waals surface area contributed by atoms with Gasteiger partial charge in [0.15, 0.2) is 5.82 Å². The van der Waals surface area contributed by atoms with Gasteiger partial charge in [0.05, 0.1) is 7.11 Å². The number of methoxy groups -OCH3 is 1. The lowest BCUT2D eigenvalue weighted by atomic mass is 10.1. The summed E-state index contributed by atoms with van der Waals surface area (Å²) >= 11 is 0. The number of nitrogens with zero attached hydrogens (tertiary/aromatic N) is 2. The molecule has 0 bridgehead atoms. The highest BCUT2D eigenvalue weighted by molar-refractivity contribution is 5.99. The topological polar surface area (TPSA) is 84.7 Å². The minimum absolute atomic E-state index is 0.0828. The quantitative estimate of drug-likeness (QED) is 0.882. The Morgan fingerprint density at radius 2 is 2.13 bits per heavy atom. The first-order chi connectivity index (χ1) is 11.0. The Labute approximate surface area is 134 Å². The fourth-order valence-corrected chi connectivity index (χ4v) is 2.02. The van der Waals surface area contributed by atoms with Crippen LogP contribution in [0.5, 0.6) is 5.75 Å². The van der Waals surface area contributed by atoms with E-state index >= 15 is 0 Å². The molecule has 1 aromatic carbocycles. The molecule has 1 N–H and O–H groups in total. The van der Waals surface area contributed by atoms with Gasteiger partial charge in [-0.15, -0.1) is 0 Å². The van der Waals surface area contributed by atoms with E-state index < -0.39 is 0 Å². The number of hydrogen-bond acceptors (Lipinski definition) is 5. The molecule has 7 heteroatoms. The third-order valence-corrected chi connectivity index (χ3v) is 3.22. The molecule has 0 radical (unpaired) electrons. The largest absolute Gasteiger partial charge is 0.497 e. The lowest BCUT2D eigenvalue weighted by molar-refractivity contribution is -0.117. The molecule has 0 fully saturated rings. The molecule has 0 atom stereocenters. The van der Waals surface area contributed by atoms with Gasteiger partial charge in [0.2, 0.25) is 5.91 Å². The predicted octanol–water partition coefficient (Wildman–Crippen LogP) is 2.17. The summed E-state index contributed by atoms with van der Waals surface area (Å²) in [5, 5.41) is 6.18. The molecular weight excluding hydrogens is 298 g/mol. The van der Waals surface area contributed by atoms with Crippen molar-refractivity contribution in [2.45, 2.75) is 19.9 Å². The second kappa shape index (κ2) is 7.44. The number of hydrogen-bond donors (Lipinski definition) is 1. The summed E-state index contributed by atoms with van der Waals surface area (Å²) in [4.78, 5) is 26.2. The Bertz CT molecular complexity index is 668. The van der Waals surface area contributed by atoms with E-state index in [0.717, 1.165) is 0 Å². The zero-order chi connectivity index (χ0) is 16.8. The summed E-state index contributed by atoms with van der Waals surface area (Å²) < 4.78 is 9.78. The number of anilines is 1. The summed E-state index contributed by atoms with van der Waals surface area (Å²) in [6, 6.07) is 8.22. The fourth-order valence-electron chi connectivity index (χ4n) is 2.02. The standard InChI is InChI=1S/C16H19N3O4/c1-11(2)19(10-15(20)17-14-7-8-23-18-14)16(21)12-5-4-6-13(9-12)22-3/h4-9,11H,10H2,1-3H3,(H,17,18,20). The van der Waals surface area contributed by atoms with E-state index in [2.05, 4.69) is 15.0 Å². The summed E-state index contributed by atoms with van der Waals surface area (Å²) in [6.45, 7) is 3.61. The van der Waals surface area contributed by atoms with Gasteiger partial charge in [-0.05, 0) is 32.0 Å². The van der Waals surface area contributed by atoms with Crippen molar-refractivity contribution in [3.05, 3.63) is 42.2 Å². The lowest BCUT2D eigenvalue weighted by Crippen LogP contribution is -2.42. The first-order valence-electron chi connectivity index (χ1n) is 7.16. The molecule has 0 aliphatic heterocycles. The van der Waals surface area contributed by atoms with Crippen molar-refractivity contribution in [2.75, 3.05) is 19.0 Å². The van der Waals surface area contributed by atoms with E-state index in [1.165, 1.54) is 24.3 Å². The van der Waals surface area contributed by atoms with Gasteiger partial charge in [0.1, 0.15) is 18.6 Å². The van der Waals surface area contributed by atoms with Crippen LogP contribution < -0.4 is 10.1 Å². The van der Waals surface area contributed by atoms with Crippen LogP contribution in [0, 0.1) is 0 Å². The van der Waals surface area contributed by atoms with E-state index in [1.54, 1.807) is 24.3 Å². The Morgan fingerprint density at radius 1 is 1.35 bits per heavy atom. The molecule has 1 heterocycles. The Morgan fingerprint density at radius 3 is 2.74 bits per heavy atom. The number of rotatable bonds is 6. The fraction of sp³-hybridized carbons (Fsp3) is 0.312. The van der Waals surface area contributed by atoms with Crippen LogP contribution in [0.25, 0.3) is 0 Å². The van der Waals surface area contributed by atoms with Gasteiger partial charge in [0, 0.05) is 17.7 Å². The molecule has 0 aliphatic carbocycles. The minimum Gasteiger partial charge on any atom is -0.497 e. The molecule has 23 heavy (non-hydrogen) atoms. The highest BCUT2D eigenvalue weighted by atomic mass is 16.5. The monoisotopic (exact) mass is 317 g/mol. The van der Waals surface area contributed by atoms with Crippen LogP contribution in [0.1, 0.15) is 24.2 Å². The summed E-state index contributed by atoms with van der Waals surface area (Å²) in [5.74, 6) is 0.317. The maximum Gasteiger partial charge on any atom is 0.254 e. The number of carbonyl (C=O) groups is 2. The first-order valence-corrected chi connectivity index (χ1v) is 7.16. The van der Waals surface area contributed by atoms with Crippen molar-refractivity contribution in [3.63, 3.8) is 0 Å². The average molecular weight is 317 g/mol. The second-order valence-corrected chi connectivity index (χ2v) is 5.19. The SMILES string of the molecule is COc1cccc(C(=O)N(CC(=O)Nc2ccon2)C(C)C)c1. The van der Waals surface area contributed by atoms with Crippen LogP contribution in [0.2, 0.25) is 0 Å². The molecule has 0 aliphatic rings. The number of ether oxygens (including phenoxy) is 1. The van der Waals surface area contributed by atoms with Gasteiger partial charge in [0.25, 0.3) is 5.91 Å². The average Bonchev–Trinajstić information content (AvgIpc) is 3.04.